The number of benzene rings is 1. The largest absolute Gasteiger partial charge is 0.387 e. The van der Waals surface area contributed by atoms with Gasteiger partial charge in [0.05, 0.1) is 6.10 Å². The zero-order valence-electron chi connectivity index (χ0n) is 9.77. The number of halogens is 2. The van der Waals surface area contributed by atoms with Crippen molar-refractivity contribution in [2.75, 3.05) is 11.9 Å². The van der Waals surface area contributed by atoms with Crippen LogP contribution in [0.1, 0.15) is 11.7 Å². The van der Waals surface area contributed by atoms with Crippen molar-refractivity contribution < 1.29 is 13.9 Å². The predicted molar refractivity (Wildman–Crippen MR) is 63.0 cm³/mol. The molecule has 6 heteroatoms. The van der Waals surface area contributed by atoms with Crippen molar-refractivity contribution in [3.8, 4) is 0 Å². The number of hydrogen-bond acceptors (Lipinski definition) is 3. The molecule has 0 aliphatic carbocycles. The minimum absolute atomic E-state index is 0.169. The van der Waals surface area contributed by atoms with E-state index in [1.165, 1.54) is 6.07 Å². The van der Waals surface area contributed by atoms with E-state index >= 15 is 0 Å². The molecule has 96 valence electrons. The molecule has 1 aromatic carbocycles. The highest BCUT2D eigenvalue weighted by molar-refractivity contribution is 5.33. The van der Waals surface area contributed by atoms with Crippen LogP contribution in [-0.2, 0) is 7.05 Å². The fraction of sp³-hybridized carbons (Fsp3) is 0.250. The molecule has 1 heterocycles. The molecule has 0 saturated heterocycles. The van der Waals surface area contributed by atoms with Crippen LogP contribution in [0.4, 0.5) is 14.6 Å². The summed E-state index contributed by atoms with van der Waals surface area (Å²) in [6.07, 6.45) is 0.828. The molecule has 0 aliphatic rings. The Morgan fingerprint density at radius 3 is 2.72 bits per heavy atom. The van der Waals surface area contributed by atoms with Crippen molar-refractivity contribution in [1.29, 1.82) is 0 Å². The fourth-order valence-electron chi connectivity index (χ4n) is 1.55. The number of hydrogen-bond donors (Lipinski definition) is 2. The van der Waals surface area contributed by atoms with Crippen LogP contribution in [0.2, 0.25) is 0 Å². The highest BCUT2D eigenvalue weighted by Gasteiger charge is 2.11. The third kappa shape index (κ3) is 2.84. The van der Waals surface area contributed by atoms with Gasteiger partial charge in [0.15, 0.2) is 11.6 Å². The fourth-order valence-corrected chi connectivity index (χ4v) is 1.55. The molecule has 2 aromatic rings. The van der Waals surface area contributed by atoms with E-state index in [0.29, 0.717) is 11.4 Å². The number of aliphatic hydroxyl groups is 1. The van der Waals surface area contributed by atoms with Gasteiger partial charge < -0.3 is 10.4 Å². The standard InChI is InChI=1S/C12H13F2N3O/c1-17-5-4-12(16-17)15-7-11(18)8-2-3-9(13)10(14)6-8/h2-6,11,18H,7H2,1H3,(H,15,16). The average Bonchev–Trinajstić information content (AvgIpc) is 2.75. The molecule has 0 amide bonds. The van der Waals surface area contributed by atoms with Crippen LogP contribution in [0.25, 0.3) is 0 Å². The molecule has 1 atom stereocenters. The topological polar surface area (TPSA) is 50.1 Å². The number of aliphatic hydroxyl groups excluding tert-OH is 1. The Morgan fingerprint density at radius 1 is 1.33 bits per heavy atom. The number of nitrogens with zero attached hydrogens (tertiary/aromatic N) is 2. The molecular weight excluding hydrogens is 240 g/mol. The minimum Gasteiger partial charge on any atom is -0.387 e. The van der Waals surface area contributed by atoms with Crippen molar-refractivity contribution in [2.45, 2.75) is 6.10 Å². The van der Waals surface area contributed by atoms with Crippen LogP contribution in [0.5, 0.6) is 0 Å². The van der Waals surface area contributed by atoms with E-state index in [-0.39, 0.29) is 6.54 Å². The van der Waals surface area contributed by atoms with Gasteiger partial charge in [0.25, 0.3) is 0 Å². The van der Waals surface area contributed by atoms with Crippen molar-refractivity contribution in [1.82, 2.24) is 9.78 Å². The first-order chi connectivity index (χ1) is 8.56. The van der Waals surface area contributed by atoms with Crippen molar-refractivity contribution in [3.63, 3.8) is 0 Å². The Hall–Kier alpha value is -1.95. The van der Waals surface area contributed by atoms with Gasteiger partial charge in [-0.2, -0.15) is 5.10 Å². The highest BCUT2D eigenvalue weighted by atomic mass is 19.2. The van der Waals surface area contributed by atoms with E-state index in [1.807, 2.05) is 0 Å². The maximum atomic E-state index is 13.0. The molecule has 0 spiro atoms. The Balaban J connectivity index is 1.99. The first-order valence-corrected chi connectivity index (χ1v) is 5.43. The van der Waals surface area contributed by atoms with Crippen LogP contribution in [0, 0.1) is 11.6 Å². The van der Waals surface area contributed by atoms with Gasteiger partial charge in [-0.15, -0.1) is 0 Å². The molecule has 2 N–H and O–H groups in total. The molecule has 0 saturated carbocycles. The normalized spacial score (nSPS) is 12.4. The van der Waals surface area contributed by atoms with Gasteiger partial charge in [0.2, 0.25) is 0 Å². The van der Waals surface area contributed by atoms with Gasteiger partial charge >= 0.3 is 0 Å². The Labute approximate surface area is 103 Å². The minimum atomic E-state index is -0.968. The van der Waals surface area contributed by atoms with E-state index in [0.717, 1.165) is 12.1 Å². The Morgan fingerprint density at radius 2 is 2.11 bits per heavy atom. The zero-order valence-corrected chi connectivity index (χ0v) is 9.77. The second kappa shape index (κ2) is 5.14. The maximum absolute atomic E-state index is 13.0. The summed E-state index contributed by atoms with van der Waals surface area (Å²) in [6, 6.07) is 5.08. The average molecular weight is 253 g/mol. The summed E-state index contributed by atoms with van der Waals surface area (Å²) >= 11 is 0. The lowest BCUT2D eigenvalue weighted by atomic mass is 10.1. The van der Waals surface area contributed by atoms with Gasteiger partial charge in [0, 0.05) is 25.9 Å². The van der Waals surface area contributed by atoms with Crippen LogP contribution in [-0.4, -0.2) is 21.4 Å². The van der Waals surface area contributed by atoms with Crippen molar-refractivity contribution in [2.24, 2.45) is 7.05 Å². The summed E-state index contributed by atoms with van der Waals surface area (Å²) in [5.74, 6) is -1.29. The third-order valence-electron chi connectivity index (χ3n) is 2.52. The first-order valence-electron chi connectivity index (χ1n) is 5.43. The summed E-state index contributed by atoms with van der Waals surface area (Å²) in [7, 11) is 1.77. The van der Waals surface area contributed by atoms with E-state index < -0.39 is 17.7 Å². The summed E-state index contributed by atoms with van der Waals surface area (Å²) in [4.78, 5) is 0. The number of nitrogens with one attached hydrogen (secondary N) is 1. The van der Waals surface area contributed by atoms with Gasteiger partial charge in [0.1, 0.15) is 5.82 Å². The number of rotatable bonds is 4. The maximum Gasteiger partial charge on any atom is 0.159 e. The molecule has 0 aliphatic heterocycles. The quantitative estimate of drug-likeness (QED) is 0.874. The number of aryl methyl sites for hydroxylation is 1. The Bertz CT molecular complexity index is 542. The molecular formula is C12H13F2N3O. The van der Waals surface area contributed by atoms with Gasteiger partial charge in [-0.25, -0.2) is 8.78 Å². The molecule has 1 aromatic heterocycles. The van der Waals surface area contributed by atoms with Crippen molar-refractivity contribution in [3.05, 3.63) is 47.7 Å². The lowest BCUT2D eigenvalue weighted by Gasteiger charge is -2.11. The van der Waals surface area contributed by atoms with Crippen LogP contribution < -0.4 is 5.32 Å². The summed E-state index contributed by atoms with van der Waals surface area (Å²) in [5, 5.41) is 16.8. The molecule has 18 heavy (non-hydrogen) atoms. The van der Waals surface area contributed by atoms with Crippen LogP contribution >= 0.6 is 0 Å². The third-order valence-corrected chi connectivity index (χ3v) is 2.52. The Kier molecular flexibility index (Phi) is 3.57. The second-order valence-electron chi connectivity index (χ2n) is 3.94. The SMILES string of the molecule is Cn1ccc(NCC(O)c2ccc(F)c(F)c2)n1. The predicted octanol–water partition coefficient (Wildman–Crippen LogP) is 1.84. The van der Waals surface area contributed by atoms with Gasteiger partial charge in [-0.3, -0.25) is 4.68 Å². The van der Waals surface area contributed by atoms with Crippen molar-refractivity contribution >= 4 is 5.82 Å². The van der Waals surface area contributed by atoms with Crippen LogP contribution in [0.15, 0.2) is 30.5 Å². The van der Waals surface area contributed by atoms with E-state index in [2.05, 4.69) is 10.4 Å². The monoisotopic (exact) mass is 253 g/mol. The smallest absolute Gasteiger partial charge is 0.159 e. The lowest BCUT2D eigenvalue weighted by Crippen LogP contribution is -2.13. The second-order valence-corrected chi connectivity index (χ2v) is 3.94. The molecule has 0 bridgehead atoms. The molecule has 0 fully saturated rings. The van der Waals surface area contributed by atoms with E-state index in [4.69, 9.17) is 0 Å². The number of aromatic nitrogens is 2. The molecule has 4 nitrogen and oxygen atoms in total. The molecule has 0 radical (unpaired) electrons. The van der Waals surface area contributed by atoms with Gasteiger partial charge in [-0.1, -0.05) is 6.07 Å². The zero-order chi connectivity index (χ0) is 13.1. The van der Waals surface area contributed by atoms with E-state index in [1.54, 1.807) is 24.0 Å². The van der Waals surface area contributed by atoms with Gasteiger partial charge in [-0.05, 0) is 17.7 Å². The molecule has 1 unspecified atom stereocenters. The van der Waals surface area contributed by atoms with Crippen LogP contribution in [0.3, 0.4) is 0 Å². The molecule has 2 rings (SSSR count). The first kappa shape index (κ1) is 12.5. The summed E-state index contributed by atoms with van der Waals surface area (Å²) in [5.41, 5.74) is 0.317. The van der Waals surface area contributed by atoms with E-state index in [9.17, 15) is 13.9 Å². The summed E-state index contributed by atoms with van der Waals surface area (Å²) < 4.78 is 27.3. The number of anilines is 1. The highest BCUT2D eigenvalue weighted by Crippen LogP contribution is 2.16. The lowest BCUT2D eigenvalue weighted by molar-refractivity contribution is 0.191. The summed E-state index contributed by atoms with van der Waals surface area (Å²) in [6.45, 7) is 0.169.